The van der Waals surface area contributed by atoms with Gasteiger partial charge < -0.3 is 0 Å². The molecule has 1 aliphatic rings. The zero-order chi connectivity index (χ0) is 16.5. The number of para-hydroxylation sites is 1. The van der Waals surface area contributed by atoms with E-state index in [9.17, 15) is 4.79 Å². The van der Waals surface area contributed by atoms with Crippen molar-refractivity contribution in [1.82, 2.24) is 4.98 Å². The number of carbonyl (C=O) groups is 1. The highest BCUT2D eigenvalue weighted by molar-refractivity contribution is 9.10. The van der Waals surface area contributed by atoms with Gasteiger partial charge in [0.05, 0.1) is 5.70 Å². The summed E-state index contributed by atoms with van der Waals surface area (Å²) < 4.78 is 0.785. The van der Waals surface area contributed by atoms with E-state index in [1.54, 1.807) is 11.1 Å². The highest BCUT2D eigenvalue weighted by atomic mass is 79.9. The first-order valence-electron chi connectivity index (χ1n) is 7.56. The average Bonchev–Trinajstić information content (AvgIpc) is 2.90. The van der Waals surface area contributed by atoms with Crippen molar-refractivity contribution in [3.05, 3.63) is 94.2 Å². The Kier molecular flexibility index (Phi) is 3.75. The lowest BCUT2D eigenvalue weighted by molar-refractivity contribution is 0.101. The van der Waals surface area contributed by atoms with Crippen molar-refractivity contribution in [1.29, 1.82) is 0 Å². The molecule has 4 heteroatoms. The Bertz CT molecular complexity index is 933. The maximum absolute atomic E-state index is 12.9. The molecule has 0 unspecified atom stereocenters. The zero-order valence-corrected chi connectivity index (χ0v) is 14.3. The minimum absolute atomic E-state index is 0.00637. The Hall–Kier alpha value is -2.72. The molecule has 2 aromatic carbocycles. The Morgan fingerprint density at radius 1 is 0.875 bits per heavy atom. The van der Waals surface area contributed by atoms with Gasteiger partial charge in [-0.25, -0.2) is 4.98 Å². The van der Waals surface area contributed by atoms with Gasteiger partial charge in [-0.1, -0.05) is 42.5 Å². The third-order valence-corrected chi connectivity index (χ3v) is 4.41. The predicted octanol–water partition coefficient (Wildman–Crippen LogP) is 5.00. The van der Waals surface area contributed by atoms with Gasteiger partial charge in [0, 0.05) is 23.0 Å². The number of benzene rings is 2. The molecule has 1 aliphatic heterocycles. The average molecular weight is 377 g/mol. The fourth-order valence-electron chi connectivity index (χ4n) is 2.85. The van der Waals surface area contributed by atoms with E-state index < -0.39 is 0 Å². The van der Waals surface area contributed by atoms with Crippen molar-refractivity contribution in [2.45, 2.75) is 0 Å². The predicted molar refractivity (Wildman–Crippen MR) is 99.5 cm³/mol. The Morgan fingerprint density at radius 2 is 1.58 bits per heavy atom. The van der Waals surface area contributed by atoms with Crippen LogP contribution in [0, 0.1) is 0 Å². The standard InChI is InChI=1S/C20H13BrN2O/c21-19-11-10-14(13-22-19)12-18-16-8-4-5-9-17(16)20(24)23(18)15-6-2-1-3-7-15/h1-13H/b18-12+. The molecule has 1 aromatic heterocycles. The van der Waals surface area contributed by atoms with E-state index in [2.05, 4.69) is 20.9 Å². The molecule has 24 heavy (non-hydrogen) atoms. The molecule has 0 spiro atoms. The maximum atomic E-state index is 12.9. The van der Waals surface area contributed by atoms with Crippen molar-refractivity contribution < 1.29 is 4.79 Å². The summed E-state index contributed by atoms with van der Waals surface area (Å²) in [6, 6.07) is 21.3. The van der Waals surface area contributed by atoms with E-state index in [-0.39, 0.29) is 5.91 Å². The molecule has 0 radical (unpaired) electrons. The second kappa shape index (κ2) is 6.06. The maximum Gasteiger partial charge on any atom is 0.263 e. The van der Waals surface area contributed by atoms with Gasteiger partial charge in [-0.2, -0.15) is 0 Å². The van der Waals surface area contributed by atoms with E-state index in [1.165, 1.54) is 0 Å². The molecule has 0 saturated carbocycles. The molecule has 0 N–H and O–H groups in total. The molecule has 3 nitrogen and oxygen atoms in total. The van der Waals surface area contributed by atoms with Crippen molar-refractivity contribution in [3.63, 3.8) is 0 Å². The van der Waals surface area contributed by atoms with Gasteiger partial charge in [-0.3, -0.25) is 9.69 Å². The van der Waals surface area contributed by atoms with Gasteiger partial charge >= 0.3 is 0 Å². The lowest BCUT2D eigenvalue weighted by Crippen LogP contribution is -2.22. The number of anilines is 1. The molecule has 2 heterocycles. The monoisotopic (exact) mass is 376 g/mol. The molecule has 0 fully saturated rings. The minimum atomic E-state index is -0.00637. The summed E-state index contributed by atoms with van der Waals surface area (Å²) in [4.78, 5) is 18.9. The molecule has 0 aliphatic carbocycles. The molecular weight excluding hydrogens is 364 g/mol. The third kappa shape index (κ3) is 2.55. The lowest BCUT2D eigenvalue weighted by atomic mass is 10.1. The molecular formula is C20H13BrN2O. The Balaban J connectivity index is 1.89. The fraction of sp³-hybridized carbons (Fsp3) is 0. The molecule has 1 amide bonds. The van der Waals surface area contributed by atoms with Crippen LogP contribution in [0.5, 0.6) is 0 Å². The zero-order valence-electron chi connectivity index (χ0n) is 12.7. The van der Waals surface area contributed by atoms with Gasteiger partial charge in [0.15, 0.2) is 0 Å². The summed E-state index contributed by atoms with van der Waals surface area (Å²) in [7, 11) is 0. The first-order valence-corrected chi connectivity index (χ1v) is 8.35. The van der Waals surface area contributed by atoms with Gasteiger partial charge in [-0.05, 0) is 51.8 Å². The van der Waals surface area contributed by atoms with E-state index in [1.807, 2.05) is 72.8 Å². The van der Waals surface area contributed by atoms with Crippen LogP contribution < -0.4 is 4.90 Å². The highest BCUT2D eigenvalue weighted by Crippen LogP contribution is 2.37. The van der Waals surface area contributed by atoms with E-state index >= 15 is 0 Å². The smallest absolute Gasteiger partial charge is 0.263 e. The number of fused-ring (bicyclic) bond motifs is 1. The molecule has 0 saturated heterocycles. The first-order chi connectivity index (χ1) is 11.7. The van der Waals surface area contributed by atoms with E-state index in [0.717, 1.165) is 32.7 Å². The largest absolute Gasteiger partial charge is 0.276 e. The van der Waals surface area contributed by atoms with Crippen LogP contribution in [0.4, 0.5) is 5.69 Å². The van der Waals surface area contributed by atoms with Crippen LogP contribution in [0.1, 0.15) is 21.5 Å². The number of hydrogen-bond donors (Lipinski definition) is 0. The van der Waals surface area contributed by atoms with Crippen molar-refractivity contribution in [3.8, 4) is 0 Å². The van der Waals surface area contributed by atoms with Crippen LogP contribution in [-0.2, 0) is 0 Å². The van der Waals surface area contributed by atoms with Gasteiger partial charge in [0.2, 0.25) is 0 Å². The molecule has 116 valence electrons. The summed E-state index contributed by atoms with van der Waals surface area (Å²) in [6.45, 7) is 0. The molecule has 0 atom stereocenters. The van der Waals surface area contributed by atoms with Gasteiger partial charge in [0.25, 0.3) is 5.91 Å². The van der Waals surface area contributed by atoms with Crippen LogP contribution in [0.25, 0.3) is 11.8 Å². The number of aromatic nitrogens is 1. The van der Waals surface area contributed by atoms with Crippen LogP contribution in [-0.4, -0.2) is 10.9 Å². The number of halogens is 1. The Labute approximate surface area is 148 Å². The fourth-order valence-corrected chi connectivity index (χ4v) is 3.08. The van der Waals surface area contributed by atoms with Gasteiger partial charge in [0.1, 0.15) is 4.60 Å². The van der Waals surface area contributed by atoms with Crippen LogP contribution >= 0.6 is 15.9 Å². The topological polar surface area (TPSA) is 33.2 Å². The normalized spacial score (nSPS) is 15.0. The number of pyridine rings is 1. The quantitative estimate of drug-likeness (QED) is 0.589. The number of rotatable bonds is 2. The number of nitrogens with zero attached hydrogens (tertiary/aromatic N) is 2. The van der Waals surface area contributed by atoms with Crippen molar-refractivity contribution >= 4 is 39.3 Å². The second-order valence-electron chi connectivity index (χ2n) is 5.47. The summed E-state index contributed by atoms with van der Waals surface area (Å²) >= 11 is 3.35. The molecule has 3 aromatic rings. The first kappa shape index (κ1) is 14.8. The summed E-state index contributed by atoms with van der Waals surface area (Å²) in [5.41, 5.74) is 4.33. The van der Waals surface area contributed by atoms with E-state index in [0.29, 0.717) is 0 Å². The summed E-state index contributed by atoms with van der Waals surface area (Å²) in [5.74, 6) is -0.00637. The van der Waals surface area contributed by atoms with E-state index in [4.69, 9.17) is 0 Å². The molecule has 4 rings (SSSR count). The second-order valence-corrected chi connectivity index (χ2v) is 6.28. The minimum Gasteiger partial charge on any atom is -0.276 e. The number of amides is 1. The van der Waals surface area contributed by atoms with Crippen molar-refractivity contribution in [2.24, 2.45) is 0 Å². The van der Waals surface area contributed by atoms with Crippen LogP contribution in [0.2, 0.25) is 0 Å². The number of carbonyl (C=O) groups excluding carboxylic acids is 1. The van der Waals surface area contributed by atoms with Crippen LogP contribution in [0.15, 0.2) is 77.5 Å². The Morgan fingerprint density at radius 3 is 2.29 bits per heavy atom. The van der Waals surface area contributed by atoms with Crippen molar-refractivity contribution in [2.75, 3.05) is 4.90 Å². The van der Waals surface area contributed by atoms with Gasteiger partial charge in [-0.15, -0.1) is 0 Å². The highest BCUT2D eigenvalue weighted by Gasteiger charge is 2.32. The molecule has 0 bridgehead atoms. The SMILES string of the molecule is O=C1c2ccccc2/C(=C\c2ccc(Br)nc2)N1c1ccccc1. The summed E-state index contributed by atoms with van der Waals surface area (Å²) in [6.07, 6.45) is 3.78. The summed E-state index contributed by atoms with van der Waals surface area (Å²) in [5, 5.41) is 0. The number of hydrogen-bond acceptors (Lipinski definition) is 2. The lowest BCUT2D eigenvalue weighted by Gasteiger charge is -2.18. The van der Waals surface area contributed by atoms with Crippen LogP contribution in [0.3, 0.4) is 0 Å². The third-order valence-electron chi connectivity index (χ3n) is 3.95.